The highest BCUT2D eigenvalue weighted by molar-refractivity contribution is 7.46. The van der Waals surface area contributed by atoms with E-state index in [1.165, 1.54) is 0 Å². The van der Waals surface area contributed by atoms with Gasteiger partial charge >= 0.3 is 49.5 Å². The van der Waals surface area contributed by atoms with Crippen LogP contribution in [0.2, 0.25) is 0 Å². The molecule has 0 aliphatic heterocycles. The van der Waals surface area contributed by atoms with Gasteiger partial charge in [-0.2, -0.15) is 61.5 Å². The Kier molecular flexibility index (Phi) is 7.85. The molecule has 0 fully saturated rings. The molecule has 0 bridgehead atoms. The smallest absolute Gasteiger partial charge is 0.390 e. The van der Waals surface area contributed by atoms with Crippen LogP contribution in [0.5, 0.6) is 0 Å². The van der Waals surface area contributed by atoms with Gasteiger partial charge in [0.2, 0.25) is 0 Å². The highest BCUT2D eigenvalue weighted by atomic mass is 31.2. The molecule has 0 aliphatic carbocycles. The monoisotopic (exact) mass is 524 g/mol. The van der Waals surface area contributed by atoms with Crippen molar-refractivity contribution in [3.8, 4) is 0 Å². The molecule has 3 N–H and O–H groups in total. The van der Waals surface area contributed by atoms with Crippen molar-refractivity contribution in [2.75, 3.05) is 6.61 Å². The largest absolute Gasteiger partial charge is 0.469 e. The third-order valence-electron chi connectivity index (χ3n) is 3.39. The van der Waals surface area contributed by atoms with Crippen molar-refractivity contribution >= 4 is 7.82 Å². The van der Waals surface area contributed by atoms with Crippen molar-refractivity contribution in [3.05, 3.63) is 0 Å². The maximum atomic E-state index is 13.4. The second kappa shape index (κ2) is 8.11. The van der Waals surface area contributed by atoms with E-state index in [9.17, 15) is 70.4 Å². The van der Waals surface area contributed by atoms with Crippen LogP contribution >= 0.6 is 7.82 Å². The first-order valence-electron chi connectivity index (χ1n) is 6.82. The van der Waals surface area contributed by atoms with Crippen LogP contribution in [-0.4, -0.2) is 69.3 Å². The lowest BCUT2D eigenvalue weighted by atomic mass is 9.85. The number of halogens is 15. The van der Waals surface area contributed by atoms with E-state index >= 15 is 0 Å². The van der Waals surface area contributed by atoms with E-state index in [-0.39, 0.29) is 0 Å². The minimum Gasteiger partial charge on any atom is -0.390 e. The topological polar surface area (TPSA) is 87.0 Å². The van der Waals surface area contributed by atoms with Gasteiger partial charge in [-0.25, -0.2) is 8.96 Å². The molecule has 0 aliphatic rings. The number of hydrogen-bond donors (Lipinski definition) is 3. The second-order valence-electron chi connectivity index (χ2n) is 5.73. The summed E-state index contributed by atoms with van der Waals surface area (Å²) < 4.78 is 208. The number of phosphoric acid groups is 1. The molecule has 31 heavy (non-hydrogen) atoms. The molecule has 0 heterocycles. The molecular formula is C10H8F15O5P. The molecule has 0 spiro atoms. The molecule has 21 heteroatoms. The Morgan fingerprint density at radius 2 is 1.03 bits per heavy atom. The van der Waals surface area contributed by atoms with Crippen molar-refractivity contribution in [1.29, 1.82) is 0 Å². The summed E-state index contributed by atoms with van der Waals surface area (Å²) >= 11 is 0. The number of hydrogen-bond acceptors (Lipinski definition) is 3. The number of aliphatic hydroxyl groups is 1. The second-order valence-corrected chi connectivity index (χ2v) is 6.97. The molecule has 0 aromatic heterocycles. The molecule has 0 saturated carbocycles. The summed E-state index contributed by atoms with van der Waals surface area (Å²) in [6.07, 6.45) is -22.6. The van der Waals surface area contributed by atoms with Crippen LogP contribution in [0.1, 0.15) is 6.42 Å². The maximum absolute atomic E-state index is 13.4. The third-order valence-corrected chi connectivity index (χ3v) is 3.87. The maximum Gasteiger partial charge on any atom is 0.469 e. The summed E-state index contributed by atoms with van der Waals surface area (Å²) in [7, 11) is -5.60. The minimum atomic E-state index is -8.59. The van der Waals surface area contributed by atoms with Crippen molar-refractivity contribution in [3.63, 3.8) is 0 Å². The van der Waals surface area contributed by atoms with Crippen molar-refractivity contribution in [1.82, 2.24) is 0 Å². The molecule has 0 radical (unpaired) electrons. The summed E-state index contributed by atoms with van der Waals surface area (Å²) in [5.74, 6) is -31.7. The zero-order valence-electron chi connectivity index (χ0n) is 13.8. The average molecular weight is 524 g/mol. The Balaban J connectivity index is 6.33. The zero-order chi connectivity index (χ0) is 25.7. The van der Waals surface area contributed by atoms with Gasteiger partial charge in [-0.05, 0) is 0 Å². The van der Waals surface area contributed by atoms with Crippen LogP contribution in [-0.2, 0) is 9.09 Å². The van der Waals surface area contributed by atoms with Crippen molar-refractivity contribution in [2.24, 2.45) is 0 Å². The molecule has 5 nitrogen and oxygen atoms in total. The number of phosphoric ester groups is 1. The average Bonchev–Trinajstić information content (AvgIpc) is 2.48. The third kappa shape index (κ3) is 5.17. The molecule has 0 rings (SSSR count). The van der Waals surface area contributed by atoms with Crippen LogP contribution < -0.4 is 0 Å². The van der Waals surface area contributed by atoms with Gasteiger partial charge in [0.25, 0.3) is 0 Å². The Labute approximate surface area is 160 Å². The zero-order valence-corrected chi connectivity index (χ0v) is 14.7. The predicted octanol–water partition coefficient (Wildman–Crippen LogP) is 4.22. The van der Waals surface area contributed by atoms with Crippen molar-refractivity contribution in [2.45, 2.75) is 54.2 Å². The molecular weight excluding hydrogens is 516 g/mol. The summed E-state index contributed by atoms with van der Waals surface area (Å²) in [6, 6.07) is 0. The summed E-state index contributed by atoms with van der Waals surface area (Å²) in [5, 5.41) is 8.85. The van der Waals surface area contributed by atoms with E-state index in [0.717, 1.165) is 0 Å². The van der Waals surface area contributed by atoms with Crippen LogP contribution in [0.15, 0.2) is 0 Å². The Morgan fingerprint density at radius 3 is 1.32 bits per heavy atom. The molecule has 0 aromatic rings. The predicted molar refractivity (Wildman–Crippen MR) is 64.4 cm³/mol. The number of alkyl halides is 15. The van der Waals surface area contributed by atoms with Gasteiger partial charge in [-0.1, -0.05) is 0 Å². The van der Waals surface area contributed by atoms with Crippen LogP contribution in [0.4, 0.5) is 65.9 Å². The Hall–Kier alpha value is -0.980. The number of aliphatic hydroxyl groups excluding tert-OH is 1. The first-order valence-corrected chi connectivity index (χ1v) is 8.35. The van der Waals surface area contributed by atoms with E-state index in [2.05, 4.69) is 4.52 Å². The fourth-order valence-electron chi connectivity index (χ4n) is 1.83. The van der Waals surface area contributed by atoms with E-state index in [1.54, 1.807) is 0 Å². The highest BCUT2D eigenvalue weighted by Crippen LogP contribution is 2.64. The molecule has 188 valence electrons. The van der Waals surface area contributed by atoms with Gasteiger partial charge in [0.15, 0.2) is 0 Å². The summed E-state index contributed by atoms with van der Waals surface area (Å²) in [4.78, 5) is 16.3. The fourth-order valence-corrected chi connectivity index (χ4v) is 2.19. The van der Waals surface area contributed by atoms with Gasteiger partial charge in [0.1, 0.15) is 0 Å². The lowest BCUT2D eigenvalue weighted by molar-refractivity contribution is -0.457. The van der Waals surface area contributed by atoms with E-state index in [4.69, 9.17) is 14.9 Å². The van der Waals surface area contributed by atoms with Crippen molar-refractivity contribution < 1.29 is 89.8 Å². The fraction of sp³-hybridized carbons (Fsp3) is 1.00. The summed E-state index contributed by atoms with van der Waals surface area (Å²) in [5.41, 5.74) is -8.43. The molecule has 0 aromatic carbocycles. The van der Waals surface area contributed by atoms with Gasteiger partial charge < -0.3 is 14.9 Å². The lowest BCUT2D eigenvalue weighted by Crippen LogP contribution is -2.75. The molecule has 0 saturated heterocycles. The lowest BCUT2D eigenvalue weighted by Gasteiger charge is -2.43. The van der Waals surface area contributed by atoms with E-state index in [1.807, 2.05) is 0 Å². The van der Waals surface area contributed by atoms with Crippen LogP contribution in [0, 0.1) is 0 Å². The standard InChI is InChI=1S/C10H8F15O5P/c11-4(12,1-3(26)2-30-31(27,28)29)6(14,15)8(18,19)7(16,17)5(13,9(20,21)22)10(23,24)25/h3,26H,1-2H2,(H2,27,28,29). The quantitative estimate of drug-likeness (QED) is 0.311. The van der Waals surface area contributed by atoms with Gasteiger partial charge in [0.05, 0.1) is 12.7 Å². The normalized spacial score (nSPS) is 17.1. The first-order chi connectivity index (χ1) is 13.1. The minimum absolute atomic E-state index is 2.06. The molecule has 1 unspecified atom stereocenters. The molecule has 0 amide bonds. The Bertz CT molecular complexity index is 667. The number of rotatable bonds is 9. The summed E-state index contributed by atoms with van der Waals surface area (Å²) in [6.45, 7) is -2.06. The van der Waals surface area contributed by atoms with E-state index < -0.39 is 68.7 Å². The van der Waals surface area contributed by atoms with Gasteiger partial charge in [-0.3, -0.25) is 4.52 Å². The van der Waals surface area contributed by atoms with Gasteiger partial charge in [-0.15, -0.1) is 0 Å². The van der Waals surface area contributed by atoms with Crippen LogP contribution in [0.3, 0.4) is 0 Å². The SMILES string of the molecule is O=P(O)(O)OCC(O)CC(F)(F)C(F)(F)C(F)(F)C(F)(F)C(F)(C(F)(F)F)C(F)(F)F. The molecule has 1 atom stereocenters. The Morgan fingerprint density at radius 1 is 0.677 bits per heavy atom. The van der Waals surface area contributed by atoms with Gasteiger partial charge in [0, 0.05) is 6.42 Å². The highest BCUT2D eigenvalue weighted by Gasteiger charge is 2.95. The first kappa shape index (κ1) is 30.0. The van der Waals surface area contributed by atoms with E-state index in [0.29, 0.717) is 0 Å². The van der Waals surface area contributed by atoms with Crippen LogP contribution in [0.25, 0.3) is 0 Å².